The van der Waals surface area contributed by atoms with Crippen LogP contribution < -0.4 is 16.8 Å². The van der Waals surface area contributed by atoms with Crippen LogP contribution in [0, 0.1) is 5.41 Å². The first-order valence-electron chi connectivity index (χ1n) is 2.60. The SMILES string of the molecule is N=C1C(=O)NC(N)=NC1N. The Labute approximate surface area is 56.8 Å². The number of hydrogen-bond donors (Lipinski definition) is 4. The average molecular weight is 141 g/mol. The molecule has 0 spiro atoms. The van der Waals surface area contributed by atoms with Gasteiger partial charge in [-0.15, -0.1) is 0 Å². The zero-order chi connectivity index (χ0) is 7.72. The number of guanidine groups is 1. The zero-order valence-electron chi connectivity index (χ0n) is 5.09. The molecule has 0 fully saturated rings. The van der Waals surface area contributed by atoms with Crippen LogP contribution in [0.5, 0.6) is 0 Å². The molecule has 1 aliphatic heterocycles. The largest absolute Gasteiger partial charge is 0.370 e. The van der Waals surface area contributed by atoms with Crippen LogP contribution >= 0.6 is 0 Å². The number of nitrogens with one attached hydrogen (secondary N) is 2. The van der Waals surface area contributed by atoms with Crippen molar-refractivity contribution >= 4 is 17.6 Å². The summed E-state index contributed by atoms with van der Waals surface area (Å²) >= 11 is 0. The summed E-state index contributed by atoms with van der Waals surface area (Å²) in [6.45, 7) is 0. The molecule has 1 amide bonds. The van der Waals surface area contributed by atoms with Gasteiger partial charge in [0.15, 0.2) is 5.96 Å². The molecule has 54 valence electrons. The van der Waals surface area contributed by atoms with Crippen molar-refractivity contribution < 1.29 is 4.79 Å². The van der Waals surface area contributed by atoms with Crippen LogP contribution in [0.1, 0.15) is 0 Å². The molecular formula is C4H7N5O. The van der Waals surface area contributed by atoms with Crippen molar-refractivity contribution in [2.45, 2.75) is 6.17 Å². The van der Waals surface area contributed by atoms with E-state index >= 15 is 0 Å². The average Bonchev–Trinajstić information content (AvgIpc) is 1.82. The van der Waals surface area contributed by atoms with Gasteiger partial charge in [0.25, 0.3) is 5.91 Å². The highest BCUT2D eigenvalue weighted by molar-refractivity contribution is 6.43. The molecule has 0 aliphatic carbocycles. The molecule has 1 atom stereocenters. The minimum atomic E-state index is -0.909. The van der Waals surface area contributed by atoms with Crippen molar-refractivity contribution in [3.63, 3.8) is 0 Å². The molecule has 0 aromatic rings. The first kappa shape index (κ1) is 6.69. The lowest BCUT2D eigenvalue weighted by atomic mass is 10.2. The number of rotatable bonds is 0. The van der Waals surface area contributed by atoms with Crippen molar-refractivity contribution in [3.8, 4) is 0 Å². The highest BCUT2D eigenvalue weighted by atomic mass is 16.2. The Kier molecular flexibility index (Phi) is 1.38. The molecule has 0 aromatic heterocycles. The van der Waals surface area contributed by atoms with Gasteiger partial charge < -0.3 is 11.5 Å². The van der Waals surface area contributed by atoms with Crippen LogP contribution in [0.4, 0.5) is 0 Å². The van der Waals surface area contributed by atoms with Gasteiger partial charge in [0, 0.05) is 0 Å². The van der Waals surface area contributed by atoms with Crippen molar-refractivity contribution in [1.82, 2.24) is 5.32 Å². The number of carbonyl (C=O) groups excluding carboxylic acids is 1. The summed E-state index contributed by atoms with van der Waals surface area (Å²) in [6.07, 6.45) is -0.909. The second kappa shape index (κ2) is 2.07. The molecule has 1 unspecified atom stereocenters. The number of amides is 1. The van der Waals surface area contributed by atoms with Gasteiger partial charge in [-0.25, -0.2) is 4.99 Å². The number of nitrogens with two attached hydrogens (primary N) is 2. The van der Waals surface area contributed by atoms with Crippen molar-refractivity contribution in [1.29, 1.82) is 5.41 Å². The topological polar surface area (TPSA) is 117 Å². The third-order valence-corrected chi connectivity index (χ3v) is 1.06. The quantitative estimate of drug-likeness (QED) is 0.305. The Hall–Kier alpha value is -1.43. The third kappa shape index (κ3) is 0.960. The van der Waals surface area contributed by atoms with Gasteiger partial charge in [0.2, 0.25) is 0 Å². The number of nitrogens with zero attached hydrogens (tertiary/aromatic N) is 1. The fraction of sp³-hybridized carbons (Fsp3) is 0.250. The second-order valence-corrected chi connectivity index (χ2v) is 1.83. The van der Waals surface area contributed by atoms with Crippen molar-refractivity contribution in [3.05, 3.63) is 0 Å². The van der Waals surface area contributed by atoms with E-state index in [1.807, 2.05) is 0 Å². The summed E-state index contributed by atoms with van der Waals surface area (Å²) in [6, 6.07) is 0. The van der Waals surface area contributed by atoms with Crippen molar-refractivity contribution in [2.75, 3.05) is 0 Å². The van der Waals surface area contributed by atoms with Gasteiger partial charge in [-0.05, 0) is 0 Å². The predicted molar refractivity (Wildman–Crippen MR) is 35.5 cm³/mol. The van der Waals surface area contributed by atoms with Gasteiger partial charge in [0.1, 0.15) is 11.9 Å². The van der Waals surface area contributed by atoms with Crippen LogP contribution in [-0.2, 0) is 4.79 Å². The Morgan fingerprint density at radius 2 is 2.30 bits per heavy atom. The fourth-order valence-electron chi connectivity index (χ4n) is 0.565. The van der Waals surface area contributed by atoms with Gasteiger partial charge in [-0.2, -0.15) is 0 Å². The van der Waals surface area contributed by atoms with E-state index in [9.17, 15) is 4.79 Å². The molecule has 0 radical (unpaired) electrons. The first-order chi connectivity index (χ1) is 4.61. The maximum atomic E-state index is 10.6. The Morgan fingerprint density at radius 1 is 1.70 bits per heavy atom. The summed E-state index contributed by atoms with van der Waals surface area (Å²) in [5.74, 6) is -0.617. The molecular weight excluding hydrogens is 134 g/mol. The Balaban J connectivity index is 2.89. The summed E-state index contributed by atoms with van der Waals surface area (Å²) < 4.78 is 0. The highest BCUT2D eigenvalue weighted by Crippen LogP contribution is 1.90. The molecule has 1 heterocycles. The molecule has 6 N–H and O–H groups in total. The third-order valence-electron chi connectivity index (χ3n) is 1.06. The van der Waals surface area contributed by atoms with Gasteiger partial charge in [-0.1, -0.05) is 0 Å². The van der Waals surface area contributed by atoms with E-state index in [1.54, 1.807) is 0 Å². The molecule has 0 bridgehead atoms. The molecule has 1 aliphatic rings. The second-order valence-electron chi connectivity index (χ2n) is 1.83. The number of carbonyl (C=O) groups is 1. The molecule has 6 nitrogen and oxygen atoms in total. The van der Waals surface area contributed by atoms with Gasteiger partial charge in [-0.3, -0.25) is 15.5 Å². The lowest BCUT2D eigenvalue weighted by molar-refractivity contribution is -0.113. The summed E-state index contributed by atoms with van der Waals surface area (Å²) in [7, 11) is 0. The molecule has 10 heavy (non-hydrogen) atoms. The van der Waals surface area contributed by atoms with Gasteiger partial charge in [0.05, 0.1) is 0 Å². The maximum absolute atomic E-state index is 10.6. The van der Waals surface area contributed by atoms with E-state index in [0.29, 0.717) is 0 Å². The zero-order valence-corrected chi connectivity index (χ0v) is 5.09. The van der Waals surface area contributed by atoms with E-state index in [0.717, 1.165) is 0 Å². The number of hydrogen-bond acceptors (Lipinski definition) is 5. The monoisotopic (exact) mass is 141 g/mol. The normalized spacial score (nSPS) is 25.7. The highest BCUT2D eigenvalue weighted by Gasteiger charge is 2.22. The van der Waals surface area contributed by atoms with E-state index in [2.05, 4.69) is 10.3 Å². The molecule has 0 aromatic carbocycles. The minimum Gasteiger partial charge on any atom is -0.370 e. The van der Waals surface area contributed by atoms with Crippen LogP contribution in [0.2, 0.25) is 0 Å². The summed E-state index contributed by atoms with van der Waals surface area (Å²) in [4.78, 5) is 14.2. The molecule has 0 saturated carbocycles. The number of aliphatic imine (C=N–C) groups is 1. The predicted octanol–water partition coefficient (Wildman–Crippen LogP) is -2.26. The lowest BCUT2D eigenvalue weighted by Crippen LogP contribution is -2.52. The summed E-state index contributed by atoms with van der Waals surface area (Å²) in [5, 5.41) is 9.13. The first-order valence-corrected chi connectivity index (χ1v) is 2.60. The molecule has 6 heteroatoms. The van der Waals surface area contributed by atoms with Crippen molar-refractivity contribution in [2.24, 2.45) is 16.5 Å². The molecule has 1 rings (SSSR count). The van der Waals surface area contributed by atoms with E-state index < -0.39 is 12.1 Å². The maximum Gasteiger partial charge on any atom is 0.275 e. The van der Waals surface area contributed by atoms with E-state index in [4.69, 9.17) is 16.9 Å². The van der Waals surface area contributed by atoms with E-state index in [-0.39, 0.29) is 11.7 Å². The standard InChI is InChI=1S/C4H7N5O/c5-1-2(6)8-4(7)9-3(1)10/h2,5H,6H2,(H3,7,8,9,10). The van der Waals surface area contributed by atoms with Crippen LogP contribution in [0.15, 0.2) is 4.99 Å². The van der Waals surface area contributed by atoms with Crippen LogP contribution in [0.25, 0.3) is 0 Å². The fourth-order valence-corrected chi connectivity index (χ4v) is 0.565. The minimum absolute atomic E-state index is 0.0338. The Bertz CT molecular complexity index is 220. The van der Waals surface area contributed by atoms with E-state index in [1.165, 1.54) is 0 Å². The Morgan fingerprint density at radius 3 is 2.80 bits per heavy atom. The van der Waals surface area contributed by atoms with Crippen LogP contribution in [0.3, 0.4) is 0 Å². The lowest BCUT2D eigenvalue weighted by Gasteiger charge is -2.14. The molecule has 0 saturated heterocycles. The smallest absolute Gasteiger partial charge is 0.275 e. The van der Waals surface area contributed by atoms with Crippen LogP contribution in [-0.4, -0.2) is 23.7 Å². The van der Waals surface area contributed by atoms with Gasteiger partial charge >= 0.3 is 0 Å². The summed E-state index contributed by atoms with van der Waals surface area (Å²) in [5.41, 5.74) is 10.1.